The number of carbonyl (C=O) groups is 1. The van der Waals surface area contributed by atoms with Crippen LogP contribution in [0.2, 0.25) is 0 Å². The highest BCUT2D eigenvalue weighted by atomic mass is 16.3. The molecule has 0 aromatic heterocycles. The number of amides is 1. The molecule has 2 atom stereocenters. The van der Waals surface area contributed by atoms with Gasteiger partial charge in [-0.2, -0.15) is 0 Å². The number of rotatable bonds is 3. The van der Waals surface area contributed by atoms with Gasteiger partial charge in [0.25, 0.3) is 0 Å². The molecule has 0 spiro atoms. The maximum absolute atomic E-state index is 11.9. The third-order valence-electron chi connectivity index (χ3n) is 3.44. The Morgan fingerprint density at radius 3 is 2.89 bits per heavy atom. The van der Waals surface area contributed by atoms with Crippen molar-refractivity contribution in [1.29, 1.82) is 0 Å². The third-order valence-corrected chi connectivity index (χ3v) is 3.44. The normalized spacial score (nSPS) is 23.6. The second-order valence-corrected chi connectivity index (χ2v) is 4.97. The van der Waals surface area contributed by atoms with E-state index in [-0.39, 0.29) is 30.2 Å². The molecule has 2 unspecified atom stereocenters. The van der Waals surface area contributed by atoms with Gasteiger partial charge in [0.1, 0.15) is 5.75 Å². The molecule has 0 aliphatic heterocycles. The van der Waals surface area contributed by atoms with Gasteiger partial charge in [0.05, 0.1) is 6.42 Å². The highest BCUT2D eigenvalue weighted by molar-refractivity contribution is 5.79. The van der Waals surface area contributed by atoms with Gasteiger partial charge in [0.15, 0.2) is 0 Å². The molecule has 2 rings (SSSR count). The first-order chi connectivity index (χ1) is 8.65. The Morgan fingerprint density at radius 2 is 2.17 bits per heavy atom. The molecule has 4 N–H and O–H groups in total. The van der Waals surface area contributed by atoms with Gasteiger partial charge < -0.3 is 16.2 Å². The van der Waals surface area contributed by atoms with Crippen LogP contribution in [0, 0.1) is 0 Å². The van der Waals surface area contributed by atoms with Crippen LogP contribution in [0.15, 0.2) is 24.3 Å². The summed E-state index contributed by atoms with van der Waals surface area (Å²) in [5.41, 5.74) is 6.81. The lowest BCUT2D eigenvalue weighted by Crippen LogP contribution is -2.49. The van der Waals surface area contributed by atoms with Crippen LogP contribution in [-0.2, 0) is 11.2 Å². The molecular weight excluding hydrogens is 228 g/mol. The monoisotopic (exact) mass is 248 g/mol. The lowest BCUT2D eigenvalue weighted by molar-refractivity contribution is -0.121. The molecule has 1 aromatic carbocycles. The van der Waals surface area contributed by atoms with Gasteiger partial charge >= 0.3 is 0 Å². The molecule has 4 heteroatoms. The minimum absolute atomic E-state index is 0.0250. The number of nitrogens with one attached hydrogen (secondary N) is 1. The summed E-state index contributed by atoms with van der Waals surface area (Å²) < 4.78 is 0. The predicted molar refractivity (Wildman–Crippen MR) is 70.2 cm³/mol. The summed E-state index contributed by atoms with van der Waals surface area (Å²) in [5, 5.41) is 12.3. The fraction of sp³-hybridized carbons (Fsp3) is 0.500. The van der Waals surface area contributed by atoms with E-state index in [1.165, 1.54) is 0 Å². The van der Waals surface area contributed by atoms with E-state index in [0.29, 0.717) is 0 Å². The minimum Gasteiger partial charge on any atom is -0.508 e. The molecular formula is C14H20N2O2. The first-order valence-electron chi connectivity index (χ1n) is 6.48. The van der Waals surface area contributed by atoms with Gasteiger partial charge in [-0.05, 0) is 30.5 Å². The van der Waals surface area contributed by atoms with Crippen molar-refractivity contribution in [3.63, 3.8) is 0 Å². The van der Waals surface area contributed by atoms with Gasteiger partial charge in [0, 0.05) is 12.1 Å². The van der Waals surface area contributed by atoms with Gasteiger partial charge in [-0.15, -0.1) is 0 Å². The Hall–Kier alpha value is -1.55. The fourth-order valence-corrected chi connectivity index (χ4v) is 2.45. The third kappa shape index (κ3) is 3.47. The lowest BCUT2D eigenvalue weighted by atomic mass is 9.91. The maximum atomic E-state index is 11.9. The zero-order valence-electron chi connectivity index (χ0n) is 10.4. The predicted octanol–water partition coefficient (Wildman–Crippen LogP) is 1.32. The number of carbonyl (C=O) groups excluding carboxylic acids is 1. The maximum Gasteiger partial charge on any atom is 0.224 e. The first-order valence-corrected chi connectivity index (χ1v) is 6.48. The molecule has 1 aromatic rings. The molecule has 4 nitrogen and oxygen atoms in total. The van der Waals surface area contributed by atoms with Crippen molar-refractivity contribution in [3.8, 4) is 5.75 Å². The van der Waals surface area contributed by atoms with Gasteiger partial charge in [0.2, 0.25) is 5.91 Å². The molecule has 98 valence electrons. The summed E-state index contributed by atoms with van der Waals surface area (Å²) in [7, 11) is 0. The smallest absolute Gasteiger partial charge is 0.224 e. The summed E-state index contributed by atoms with van der Waals surface area (Å²) >= 11 is 0. The van der Waals surface area contributed by atoms with Crippen LogP contribution in [0.1, 0.15) is 31.2 Å². The number of phenols is 1. The molecule has 0 bridgehead atoms. The summed E-state index contributed by atoms with van der Waals surface area (Å²) in [5.74, 6) is 0.164. The van der Waals surface area contributed by atoms with E-state index in [1.54, 1.807) is 18.2 Å². The molecule has 0 heterocycles. The molecule has 0 radical (unpaired) electrons. The molecule has 18 heavy (non-hydrogen) atoms. The number of aromatic hydroxyl groups is 1. The van der Waals surface area contributed by atoms with Crippen LogP contribution in [0.5, 0.6) is 5.75 Å². The number of nitrogens with two attached hydrogens (primary N) is 1. The van der Waals surface area contributed by atoms with Crippen molar-refractivity contribution in [1.82, 2.24) is 5.32 Å². The van der Waals surface area contributed by atoms with Crippen LogP contribution in [0.4, 0.5) is 0 Å². The topological polar surface area (TPSA) is 75.3 Å². The summed E-state index contributed by atoms with van der Waals surface area (Å²) in [4.78, 5) is 11.9. The second kappa shape index (κ2) is 5.87. The molecule has 1 aliphatic carbocycles. The Balaban J connectivity index is 1.88. The van der Waals surface area contributed by atoms with Crippen LogP contribution in [0.3, 0.4) is 0 Å². The highest BCUT2D eigenvalue weighted by Gasteiger charge is 2.23. The van der Waals surface area contributed by atoms with Crippen molar-refractivity contribution in [2.45, 2.75) is 44.2 Å². The Labute approximate surface area is 107 Å². The van der Waals surface area contributed by atoms with E-state index in [9.17, 15) is 9.90 Å². The quantitative estimate of drug-likeness (QED) is 0.755. The second-order valence-electron chi connectivity index (χ2n) is 4.97. The summed E-state index contributed by atoms with van der Waals surface area (Å²) in [6, 6.07) is 6.96. The highest BCUT2D eigenvalue weighted by Crippen LogP contribution is 2.17. The standard InChI is InChI=1S/C14H20N2O2/c15-12-6-1-2-7-13(12)16-14(18)9-10-4-3-5-11(17)8-10/h3-5,8,12-13,17H,1-2,6-7,9,15H2,(H,16,18). The number of phenolic OH excluding ortho intramolecular Hbond substituents is 1. The number of hydrogen-bond acceptors (Lipinski definition) is 3. The van der Waals surface area contributed by atoms with Gasteiger partial charge in [-0.25, -0.2) is 0 Å². The van der Waals surface area contributed by atoms with E-state index in [1.807, 2.05) is 6.07 Å². The van der Waals surface area contributed by atoms with E-state index in [4.69, 9.17) is 5.73 Å². The molecule has 1 saturated carbocycles. The minimum atomic E-state index is -0.0250. The van der Waals surface area contributed by atoms with Crippen LogP contribution in [0.25, 0.3) is 0 Å². The van der Waals surface area contributed by atoms with E-state index in [2.05, 4.69) is 5.32 Å². The zero-order chi connectivity index (χ0) is 13.0. The molecule has 1 fully saturated rings. The van der Waals surface area contributed by atoms with E-state index in [0.717, 1.165) is 31.2 Å². The van der Waals surface area contributed by atoms with Crippen LogP contribution < -0.4 is 11.1 Å². The van der Waals surface area contributed by atoms with Crippen molar-refractivity contribution in [2.75, 3.05) is 0 Å². The van der Waals surface area contributed by atoms with Crippen LogP contribution in [-0.4, -0.2) is 23.1 Å². The number of benzene rings is 1. The molecule has 1 aliphatic rings. The lowest BCUT2D eigenvalue weighted by Gasteiger charge is -2.29. The van der Waals surface area contributed by atoms with E-state index < -0.39 is 0 Å². The molecule has 1 amide bonds. The Kier molecular flexibility index (Phi) is 4.20. The van der Waals surface area contributed by atoms with E-state index >= 15 is 0 Å². The van der Waals surface area contributed by atoms with Crippen molar-refractivity contribution < 1.29 is 9.90 Å². The zero-order valence-corrected chi connectivity index (χ0v) is 10.4. The largest absolute Gasteiger partial charge is 0.508 e. The fourth-order valence-electron chi connectivity index (χ4n) is 2.45. The van der Waals surface area contributed by atoms with Crippen molar-refractivity contribution in [2.24, 2.45) is 5.73 Å². The van der Waals surface area contributed by atoms with Crippen molar-refractivity contribution in [3.05, 3.63) is 29.8 Å². The summed E-state index contributed by atoms with van der Waals surface area (Å²) in [6.45, 7) is 0. The average molecular weight is 248 g/mol. The summed E-state index contributed by atoms with van der Waals surface area (Å²) in [6.07, 6.45) is 4.52. The Morgan fingerprint density at radius 1 is 1.39 bits per heavy atom. The van der Waals surface area contributed by atoms with Gasteiger partial charge in [-0.1, -0.05) is 25.0 Å². The van der Waals surface area contributed by atoms with Crippen molar-refractivity contribution >= 4 is 5.91 Å². The SMILES string of the molecule is NC1CCCCC1NC(=O)Cc1cccc(O)c1. The first kappa shape index (κ1) is 12.9. The van der Waals surface area contributed by atoms with Gasteiger partial charge in [-0.3, -0.25) is 4.79 Å². The average Bonchev–Trinajstić information content (AvgIpc) is 2.32. The molecule has 0 saturated heterocycles. The van der Waals surface area contributed by atoms with Crippen LogP contribution >= 0.6 is 0 Å². The number of hydrogen-bond donors (Lipinski definition) is 3. The Bertz CT molecular complexity index is 420.